The predicted molar refractivity (Wildman–Crippen MR) is 59.8 cm³/mol. The van der Waals surface area contributed by atoms with Crippen molar-refractivity contribution in [3.05, 3.63) is 22.7 Å². The van der Waals surface area contributed by atoms with Crippen LogP contribution in [0.25, 0.3) is 0 Å². The minimum atomic E-state index is -4.25. The van der Waals surface area contributed by atoms with E-state index in [4.69, 9.17) is 10.8 Å². The highest BCUT2D eigenvalue weighted by atomic mass is 19.3. The number of nitrogen functional groups attached to an aromatic ring is 1. The first-order chi connectivity index (χ1) is 9.66. The summed E-state index contributed by atoms with van der Waals surface area (Å²) in [6.45, 7) is -1.56. The molecule has 4 N–H and O–H groups in total. The van der Waals surface area contributed by atoms with Gasteiger partial charge in [0.2, 0.25) is 6.23 Å². The first-order valence-corrected chi connectivity index (χ1v) is 5.64. The van der Waals surface area contributed by atoms with Crippen molar-refractivity contribution in [1.82, 2.24) is 9.55 Å². The Balaban J connectivity index is 2.53. The van der Waals surface area contributed by atoms with E-state index in [2.05, 4.69) is 9.72 Å². The molecule has 0 saturated carbocycles. The second-order valence-electron chi connectivity index (χ2n) is 4.50. The summed E-state index contributed by atoms with van der Waals surface area (Å²) in [4.78, 5) is 14.7. The molecule has 11 heteroatoms. The lowest BCUT2D eigenvalue weighted by Gasteiger charge is -2.28. The van der Waals surface area contributed by atoms with E-state index in [-0.39, 0.29) is 10.4 Å². The molecule has 7 nitrogen and oxygen atoms in total. The Bertz CT molecular complexity index is 596. The van der Waals surface area contributed by atoms with Gasteiger partial charge >= 0.3 is 11.6 Å². The predicted octanol–water partition coefficient (Wildman–Crippen LogP) is -0.653. The quantitative estimate of drug-likeness (QED) is 0.639. The molecule has 0 aromatic carbocycles. The zero-order valence-corrected chi connectivity index (χ0v) is 10.3. The Morgan fingerprint density at radius 2 is 2.14 bits per heavy atom. The second kappa shape index (κ2) is 4.93. The number of nitrogens with two attached hydrogens (primary N) is 1. The fourth-order valence-corrected chi connectivity index (χ4v) is 2.02. The molecule has 1 aromatic rings. The van der Waals surface area contributed by atoms with Crippen LogP contribution in [0.3, 0.4) is 0 Å². The van der Waals surface area contributed by atoms with E-state index in [9.17, 15) is 27.5 Å². The Hall–Kier alpha value is -1.72. The highest BCUT2D eigenvalue weighted by Gasteiger charge is 2.70. The average molecular weight is 313 g/mol. The molecule has 1 aromatic heterocycles. The smallest absolute Gasteiger partial charge is 0.351 e. The standard InChI is InChI=1S/C10H11F4N3O4/c11-6(12)9(3-18)5(19)10(13,14)7(21-9)17-2-1-4(15)16-8(17)20/h1-2,5-7,18-19H,3H2,(H2,15,16,20)/t5?,7-,9-/m1/s1. The van der Waals surface area contributed by atoms with Gasteiger partial charge in [-0.2, -0.15) is 13.8 Å². The van der Waals surface area contributed by atoms with Crippen LogP contribution < -0.4 is 11.4 Å². The number of halogens is 4. The number of aromatic nitrogens is 2. The maximum Gasteiger partial charge on any atom is 0.351 e. The summed E-state index contributed by atoms with van der Waals surface area (Å²) in [5.41, 5.74) is 0.719. The summed E-state index contributed by atoms with van der Waals surface area (Å²) in [5.74, 6) is -4.51. The normalized spacial score (nSPS) is 31.8. The molecule has 3 atom stereocenters. The maximum atomic E-state index is 14.0. The Morgan fingerprint density at radius 1 is 1.52 bits per heavy atom. The molecule has 1 saturated heterocycles. The van der Waals surface area contributed by atoms with Crippen LogP contribution in [0.4, 0.5) is 23.4 Å². The van der Waals surface area contributed by atoms with Crippen molar-refractivity contribution in [3.8, 4) is 0 Å². The number of hydrogen-bond donors (Lipinski definition) is 3. The largest absolute Gasteiger partial charge is 0.393 e. The van der Waals surface area contributed by atoms with E-state index in [0.29, 0.717) is 0 Å². The van der Waals surface area contributed by atoms with Crippen molar-refractivity contribution in [2.24, 2.45) is 0 Å². The fraction of sp³-hybridized carbons (Fsp3) is 0.600. The van der Waals surface area contributed by atoms with Crippen LogP contribution >= 0.6 is 0 Å². The van der Waals surface area contributed by atoms with Gasteiger partial charge in [-0.1, -0.05) is 0 Å². The molecule has 0 amide bonds. The molecule has 2 heterocycles. The van der Waals surface area contributed by atoms with Gasteiger partial charge in [0.05, 0.1) is 6.61 Å². The van der Waals surface area contributed by atoms with Gasteiger partial charge in [0.25, 0.3) is 6.43 Å². The highest BCUT2D eigenvalue weighted by molar-refractivity contribution is 5.24. The van der Waals surface area contributed by atoms with E-state index in [0.717, 1.165) is 12.3 Å². The summed E-state index contributed by atoms with van der Waals surface area (Å²) in [6.07, 6.45) is -8.39. The monoisotopic (exact) mass is 313 g/mol. The lowest BCUT2D eigenvalue weighted by atomic mass is 9.96. The Morgan fingerprint density at radius 3 is 2.57 bits per heavy atom. The number of anilines is 1. The van der Waals surface area contributed by atoms with Crippen LogP contribution in [0.15, 0.2) is 17.1 Å². The van der Waals surface area contributed by atoms with Gasteiger partial charge in [-0.05, 0) is 6.07 Å². The number of aliphatic hydroxyl groups excluding tert-OH is 2. The van der Waals surface area contributed by atoms with E-state index in [1.807, 2.05) is 0 Å². The molecule has 1 aliphatic heterocycles. The van der Waals surface area contributed by atoms with E-state index in [1.165, 1.54) is 0 Å². The SMILES string of the molecule is Nc1ccn([C@@H]2O[C@@](CO)(C(F)F)C(O)C2(F)F)c(=O)n1. The third kappa shape index (κ3) is 2.17. The van der Waals surface area contributed by atoms with Gasteiger partial charge in [0.1, 0.15) is 5.82 Å². The zero-order chi connectivity index (χ0) is 16.0. The topological polar surface area (TPSA) is 111 Å². The van der Waals surface area contributed by atoms with Crippen molar-refractivity contribution in [2.45, 2.75) is 30.3 Å². The number of alkyl halides is 4. The molecule has 0 aliphatic carbocycles. The van der Waals surface area contributed by atoms with Gasteiger partial charge in [0.15, 0.2) is 11.7 Å². The van der Waals surface area contributed by atoms with Crippen LogP contribution in [-0.2, 0) is 4.74 Å². The van der Waals surface area contributed by atoms with Gasteiger partial charge < -0.3 is 20.7 Å². The summed E-state index contributed by atoms with van der Waals surface area (Å²) < 4.78 is 58.5. The molecule has 1 fully saturated rings. The number of ether oxygens (including phenoxy) is 1. The summed E-state index contributed by atoms with van der Waals surface area (Å²) in [7, 11) is 0. The number of aliphatic hydroxyl groups is 2. The molecule has 0 bridgehead atoms. The average Bonchev–Trinajstić information content (AvgIpc) is 2.60. The minimum absolute atomic E-state index is 0.222. The van der Waals surface area contributed by atoms with Crippen LogP contribution in [0.1, 0.15) is 6.23 Å². The number of hydrogen-bond acceptors (Lipinski definition) is 6. The fourth-order valence-electron chi connectivity index (χ4n) is 2.02. The maximum absolute atomic E-state index is 14.0. The van der Waals surface area contributed by atoms with Crippen LogP contribution in [0.5, 0.6) is 0 Å². The first-order valence-electron chi connectivity index (χ1n) is 5.64. The molecule has 1 unspecified atom stereocenters. The van der Waals surface area contributed by atoms with Gasteiger partial charge in [-0.3, -0.25) is 4.57 Å². The summed E-state index contributed by atoms with van der Waals surface area (Å²) in [5, 5.41) is 18.4. The molecule has 2 rings (SSSR count). The van der Waals surface area contributed by atoms with Crippen LogP contribution in [0, 0.1) is 0 Å². The van der Waals surface area contributed by atoms with Crippen molar-refractivity contribution >= 4 is 5.82 Å². The second-order valence-corrected chi connectivity index (χ2v) is 4.50. The zero-order valence-electron chi connectivity index (χ0n) is 10.3. The molecule has 0 spiro atoms. The molecule has 118 valence electrons. The summed E-state index contributed by atoms with van der Waals surface area (Å²) in [6, 6.07) is 0.981. The molecule has 21 heavy (non-hydrogen) atoms. The van der Waals surface area contributed by atoms with Crippen LogP contribution in [-0.4, -0.2) is 50.4 Å². The van der Waals surface area contributed by atoms with E-state index >= 15 is 0 Å². The van der Waals surface area contributed by atoms with Crippen molar-refractivity contribution in [2.75, 3.05) is 12.3 Å². The third-order valence-electron chi connectivity index (χ3n) is 3.21. The molecular formula is C10H11F4N3O4. The van der Waals surface area contributed by atoms with E-state index < -0.39 is 42.6 Å². The molecule has 0 radical (unpaired) electrons. The van der Waals surface area contributed by atoms with Gasteiger partial charge in [-0.15, -0.1) is 0 Å². The van der Waals surface area contributed by atoms with Crippen molar-refractivity contribution in [3.63, 3.8) is 0 Å². The van der Waals surface area contributed by atoms with Gasteiger partial charge in [0, 0.05) is 6.20 Å². The van der Waals surface area contributed by atoms with Crippen molar-refractivity contribution < 1.29 is 32.5 Å². The molecule has 1 aliphatic rings. The lowest BCUT2D eigenvalue weighted by Crippen LogP contribution is -2.53. The van der Waals surface area contributed by atoms with Gasteiger partial charge in [-0.25, -0.2) is 13.6 Å². The molecular weight excluding hydrogens is 302 g/mol. The number of nitrogens with zero attached hydrogens (tertiary/aromatic N) is 2. The summed E-state index contributed by atoms with van der Waals surface area (Å²) >= 11 is 0. The minimum Gasteiger partial charge on any atom is -0.393 e. The van der Waals surface area contributed by atoms with Crippen LogP contribution in [0.2, 0.25) is 0 Å². The highest BCUT2D eigenvalue weighted by Crippen LogP contribution is 2.49. The lowest BCUT2D eigenvalue weighted by molar-refractivity contribution is -0.196. The number of rotatable bonds is 3. The third-order valence-corrected chi connectivity index (χ3v) is 3.21. The first kappa shape index (κ1) is 15.7. The van der Waals surface area contributed by atoms with E-state index in [1.54, 1.807) is 0 Å². The van der Waals surface area contributed by atoms with Crippen molar-refractivity contribution in [1.29, 1.82) is 0 Å². The Kier molecular flexibility index (Phi) is 3.68. The Labute approximate surface area is 114 Å².